The molecule has 2 amide bonds. The average molecular weight is 439 g/mol. The highest BCUT2D eigenvalue weighted by Gasteiger charge is 2.27. The Morgan fingerprint density at radius 3 is 2.32 bits per heavy atom. The molecule has 4 nitrogen and oxygen atoms in total. The molecule has 2 aromatic carbocycles. The minimum atomic E-state index is -0.636. The Morgan fingerprint density at radius 2 is 1.71 bits per heavy atom. The molecule has 0 saturated heterocycles. The fourth-order valence-electron chi connectivity index (χ4n) is 2.58. The number of hydrogen-bond donors (Lipinski definition) is 1. The Balaban J connectivity index is 2.19. The highest BCUT2D eigenvalue weighted by molar-refractivity contribution is 8.00. The third-order valence-corrected chi connectivity index (χ3v) is 5.92. The van der Waals surface area contributed by atoms with Gasteiger partial charge in [0.05, 0.1) is 5.75 Å². The van der Waals surface area contributed by atoms with E-state index in [0.717, 1.165) is 11.3 Å². The highest BCUT2D eigenvalue weighted by Crippen LogP contribution is 2.27. The first kappa shape index (κ1) is 22.6. The van der Waals surface area contributed by atoms with Crippen molar-refractivity contribution in [2.24, 2.45) is 0 Å². The number of rotatable bonds is 9. The topological polar surface area (TPSA) is 49.4 Å². The van der Waals surface area contributed by atoms with Gasteiger partial charge >= 0.3 is 0 Å². The molecule has 0 heterocycles. The first-order chi connectivity index (χ1) is 13.4. The normalized spacial score (nSPS) is 11.7. The molecule has 0 radical (unpaired) electrons. The fraction of sp³-hybridized carbons (Fsp3) is 0.333. The SMILES string of the molecule is CCCNC(=O)[C@@H](C)N(Cc1c(Cl)cccc1Cl)C(=O)CSc1ccccc1. The lowest BCUT2D eigenvalue weighted by molar-refractivity contribution is -0.138. The van der Waals surface area contributed by atoms with Crippen LogP contribution in [-0.2, 0) is 16.1 Å². The zero-order valence-electron chi connectivity index (χ0n) is 16.0. The number of nitrogens with zero attached hydrogens (tertiary/aromatic N) is 1. The molecule has 0 aliphatic heterocycles. The third kappa shape index (κ3) is 6.43. The summed E-state index contributed by atoms with van der Waals surface area (Å²) in [5.74, 6) is -0.121. The number of nitrogens with one attached hydrogen (secondary N) is 1. The second-order valence-corrected chi connectivity index (χ2v) is 8.15. The molecule has 0 saturated carbocycles. The van der Waals surface area contributed by atoms with Crippen molar-refractivity contribution in [2.75, 3.05) is 12.3 Å². The second kappa shape index (κ2) is 11.3. The summed E-state index contributed by atoms with van der Waals surface area (Å²) in [6, 6.07) is 14.3. The van der Waals surface area contributed by atoms with Crippen molar-refractivity contribution in [1.29, 1.82) is 0 Å². The molecule has 0 spiro atoms. The molecule has 150 valence electrons. The van der Waals surface area contributed by atoms with Gasteiger partial charge in [-0.05, 0) is 37.6 Å². The number of amides is 2. The summed E-state index contributed by atoms with van der Waals surface area (Å²) < 4.78 is 0. The van der Waals surface area contributed by atoms with E-state index >= 15 is 0 Å². The van der Waals surface area contributed by atoms with Crippen LogP contribution in [0, 0.1) is 0 Å². The Morgan fingerprint density at radius 1 is 1.07 bits per heavy atom. The van der Waals surface area contributed by atoms with E-state index in [9.17, 15) is 9.59 Å². The van der Waals surface area contributed by atoms with E-state index in [1.165, 1.54) is 16.7 Å². The van der Waals surface area contributed by atoms with Crippen LogP contribution in [-0.4, -0.2) is 35.1 Å². The summed E-state index contributed by atoms with van der Waals surface area (Å²) in [5, 5.41) is 3.80. The molecule has 0 aromatic heterocycles. The number of benzene rings is 2. The summed E-state index contributed by atoms with van der Waals surface area (Å²) in [7, 11) is 0. The van der Waals surface area contributed by atoms with Crippen LogP contribution in [0.15, 0.2) is 53.4 Å². The molecule has 0 unspecified atom stereocenters. The Kier molecular flexibility index (Phi) is 9.16. The molecule has 1 N–H and O–H groups in total. The van der Waals surface area contributed by atoms with Crippen molar-refractivity contribution in [2.45, 2.75) is 37.8 Å². The van der Waals surface area contributed by atoms with Crippen LogP contribution in [0.2, 0.25) is 10.0 Å². The van der Waals surface area contributed by atoms with Crippen LogP contribution in [0.4, 0.5) is 0 Å². The molecule has 0 bridgehead atoms. The van der Waals surface area contributed by atoms with Gasteiger partial charge in [0.15, 0.2) is 0 Å². The molecule has 1 atom stereocenters. The van der Waals surface area contributed by atoms with E-state index in [4.69, 9.17) is 23.2 Å². The molecule has 2 aromatic rings. The van der Waals surface area contributed by atoms with E-state index in [1.807, 2.05) is 37.3 Å². The molecule has 7 heteroatoms. The average Bonchev–Trinajstić information content (AvgIpc) is 2.70. The van der Waals surface area contributed by atoms with E-state index in [1.54, 1.807) is 25.1 Å². The number of carbonyl (C=O) groups is 2. The number of carbonyl (C=O) groups excluding carboxylic acids is 2. The van der Waals surface area contributed by atoms with Crippen molar-refractivity contribution < 1.29 is 9.59 Å². The maximum absolute atomic E-state index is 13.0. The number of thioether (sulfide) groups is 1. The quantitative estimate of drug-likeness (QED) is 0.558. The molecule has 2 rings (SSSR count). The van der Waals surface area contributed by atoms with Gasteiger partial charge < -0.3 is 10.2 Å². The molecule has 0 fully saturated rings. The highest BCUT2D eigenvalue weighted by atomic mass is 35.5. The summed E-state index contributed by atoms with van der Waals surface area (Å²) in [5.41, 5.74) is 0.638. The van der Waals surface area contributed by atoms with Crippen molar-refractivity contribution in [3.63, 3.8) is 0 Å². The van der Waals surface area contributed by atoms with Crippen molar-refractivity contribution in [3.8, 4) is 0 Å². The smallest absolute Gasteiger partial charge is 0.242 e. The zero-order chi connectivity index (χ0) is 20.5. The maximum Gasteiger partial charge on any atom is 0.242 e. The largest absolute Gasteiger partial charge is 0.354 e. The zero-order valence-corrected chi connectivity index (χ0v) is 18.3. The Bertz CT molecular complexity index is 782. The number of halogens is 2. The molecule has 0 aliphatic rings. The number of hydrogen-bond acceptors (Lipinski definition) is 3. The van der Waals surface area contributed by atoms with E-state index < -0.39 is 6.04 Å². The van der Waals surface area contributed by atoms with Gasteiger partial charge in [-0.15, -0.1) is 11.8 Å². The van der Waals surface area contributed by atoms with E-state index in [0.29, 0.717) is 22.2 Å². The van der Waals surface area contributed by atoms with Crippen molar-refractivity contribution >= 4 is 46.8 Å². The van der Waals surface area contributed by atoms with Crippen LogP contribution in [0.1, 0.15) is 25.8 Å². The predicted molar refractivity (Wildman–Crippen MR) is 117 cm³/mol. The lowest BCUT2D eigenvalue weighted by Gasteiger charge is -2.29. The van der Waals surface area contributed by atoms with E-state index in [-0.39, 0.29) is 24.1 Å². The van der Waals surface area contributed by atoms with Gasteiger partial charge in [0, 0.05) is 33.6 Å². The first-order valence-electron chi connectivity index (χ1n) is 9.12. The predicted octanol–water partition coefficient (Wildman–Crippen LogP) is 5.03. The van der Waals surface area contributed by atoms with Crippen molar-refractivity contribution in [1.82, 2.24) is 10.2 Å². The van der Waals surface area contributed by atoms with Crippen LogP contribution in [0.3, 0.4) is 0 Å². The standard InChI is InChI=1S/C21H24Cl2N2O2S/c1-3-12-24-21(27)15(2)25(13-17-18(22)10-7-11-19(17)23)20(26)14-28-16-8-5-4-6-9-16/h4-11,15H,3,12-14H2,1-2H3,(H,24,27)/t15-/m1/s1. The summed E-state index contributed by atoms with van der Waals surface area (Å²) in [6.45, 7) is 4.44. The molecule has 0 aliphatic carbocycles. The van der Waals surface area contributed by atoms with Crippen LogP contribution < -0.4 is 5.32 Å². The van der Waals surface area contributed by atoms with Crippen LogP contribution >= 0.6 is 35.0 Å². The van der Waals surface area contributed by atoms with Crippen LogP contribution in [0.5, 0.6) is 0 Å². The van der Waals surface area contributed by atoms with Gasteiger partial charge in [-0.2, -0.15) is 0 Å². The van der Waals surface area contributed by atoms with Gasteiger partial charge in [0.1, 0.15) is 6.04 Å². The Hall–Kier alpha value is -1.69. The first-order valence-corrected chi connectivity index (χ1v) is 10.9. The van der Waals surface area contributed by atoms with Gasteiger partial charge in [-0.25, -0.2) is 0 Å². The monoisotopic (exact) mass is 438 g/mol. The molecular formula is C21H24Cl2N2O2S. The second-order valence-electron chi connectivity index (χ2n) is 6.29. The van der Waals surface area contributed by atoms with Gasteiger partial charge in [0.25, 0.3) is 0 Å². The summed E-state index contributed by atoms with van der Waals surface area (Å²) in [4.78, 5) is 28.0. The van der Waals surface area contributed by atoms with Gasteiger partial charge in [-0.3, -0.25) is 9.59 Å². The minimum Gasteiger partial charge on any atom is -0.354 e. The lowest BCUT2D eigenvalue weighted by atomic mass is 10.1. The van der Waals surface area contributed by atoms with Gasteiger partial charge in [0.2, 0.25) is 11.8 Å². The van der Waals surface area contributed by atoms with Gasteiger partial charge in [-0.1, -0.05) is 54.4 Å². The third-order valence-electron chi connectivity index (χ3n) is 4.21. The lowest BCUT2D eigenvalue weighted by Crippen LogP contribution is -2.48. The summed E-state index contributed by atoms with van der Waals surface area (Å²) >= 11 is 14.0. The molecule has 28 heavy (non-hydrogen) atoms. The maximum atomic E-state index is 13.0. The van der Waals surface area contributed by atoms with E-state index in [2.05, 4.69) is 5.32 Å². The summed E-state index contributed by atoms with van der Waals surface area (Å²) in [6.07, 6.45) is 0.826. The molecular weight excluding hydrogens is 415 g/mol. The van der Waals surface area contributed by atoms with Crippen molar-refractivity contribution in [3.05, 3.63) is 64.1 Å². The minimum absolute atomic E-state index is 0.149. The van der Waals surface area contributed by atoms with Crippen LogP contribution in [0.25, 0.3) is 0 Å². The fourth-order valence-corrected chi connectivity index (χ4v) is 3.90. The Labute approximate surface area is 180 Å².